The molecule has 1 saturated heterocycles. The number of rotatable bonds is 3. The minimum Gasteiger partial charge on any atom is -0.459 e. The summed E-state index contributed by atoms with van der Waals surface area (Å²) in [7, 11) is 0. The summed E-state index contributed by atoms with van der Waals surface area (Å²) in [6, 6.07) is 9.01. The average molecular weight is 270 g/mol. The minimum atomic E-state index is -0.479. The summed E-state index contributed by atoms with van der Waals surface area (Å²) >= 11 is 0. The maximum Gasteiger partial charge on any atom is 0.233 e. The minimum absolute atomic E-state index is 0.0773. The number of carbonyl (C=O) groups is 2. The first-order valence-electron chi connectivity index (χ1n) is 6.74. The van der Waals surface area contributed by atoms with Crippen LogP contribution in [0.25, 0.3) is 11.0 Å². The molecular formula is C15H14N2O3. The summed E-state index contributed by atoms with van der Waals surface area (Å²) in [5.41, 5.74) is 6.85. The van der Waals surface area contributed by atoms with Crippen molar-refractivity contribution in [2.45, 2.75) is 12.5 Å². The van der Waals surface area contributed by atoms with E-state index in [1.807, 2.05) is 30.3 Å². The van der Waals surface area contributed by atoms with Crippen molar-refractivity contribution in [2.24, 2.45) is 17.6 Å². The van der Waals surface area contributed by atoms with Gasteiger partial charge in [0.25, 0.3) is 0 Å². The number of fused-ring (bicyclic) bond motifs is 2. The number of nitrogens with zero attached hydrogens (tertiary/aromatic N) is 1. The molecule has 3 atom stereocenters. The summed E-state index contributed by atoms with van der Waals surface area (Å²) in [4.78, 5) is 25.1. The zero-order valence-corrected chi connectivity index (χ0v) is 10.8. The first-order chi connectivity index (χ1) is 9.65. The second-order valence-electron chi connectivity index (χ2n) is 5.53. The van der Waals surface area contributed by atoms with Gasteiger partial charge in [0, 0.05) is 5.39 Å². The van der Waals surface area contributed by atoms with Gasteiger partial charge in [0.05, 0.1) is 24.4 Å². The first-order valence-corrected chi connectivity index (χ1v) is 6.74. The van der Waals surface area contributed by atoms with Crippen LogP contribution in [0.5, 0.6) is 0 Å². The van der Waals surface area contributed by atoms with Crippen LogP contribution in [-0.4, -0.2) is 23.3 Å². The summed E-state index contributed by atoms with van der Waals surface area (Å²) in [5.74, 6) is 0.293. The molecule has 5 nitrogen and oxygen atoms in total. The van der Waals surface area contributed by atoms with Gasteiger partial charge in [-0.05, 0) is 18.6 Å². The third kappa shape index (κ3) is 1.59. The third-order valence-electron chi connectivity index (χ3n) is 4.15. The largest absolute Gasteiger partial charge is 0.459 e. The van der Waals surface area contributed by atoms with E-state index in [1.54, 1.807) is 0 Å². The van der Waals surface area contributed by atoms with Crippen molar-refractivity contribution in [2.75, 3.05) is 6.54 Å². The Hall–Kier alpha value is -2.14. The van der Waals surface area contributed by atoms with Gasteiger partial charge in [-0.25, -0.2) is 0 Å². The Balaban J connectivity index is 1.56. The quantitative estimate of drug-likeness (QED) is 0.856. The van der Waals surface area contributed by atoms with E-state index >= 15 is 0 Å². The molecule has 20 heavy (non-hydrogen) atoms. The third-order valence-corrected chi connectivity index (χ3v) is 4.15. The molecule has 1 aromatic heterocycles. The fourth-order valence-electron chi connectivity index (χ4n) is 2.90. The topological polar surface area (TPSA) is 76.5 Å². The molecule has 3 unspecified atom stereocenters. The lowest BCUT2D eigenvalue weighted by atomic mass is 10.2. The van der Waals surface area contributed by atoms with Crippen LogP contribution >= 0.6 is 0 Å². The molecule has 0 spiro atoms. The fourth-order valence-corrected chi connectivity index (χ4v) is 2.90. The Labute approximate surface area is 115 Å². The van der Waals surface area contributed by atoms with E-state index in [0.717, 1.165) is 11.0 Å². The summed E-state index contributed by atoms with van der Waals surface area (Å²) < 4.78 is 5.67. The van der Waals surface area contributed by atoms with E-state index in [9.17, 15) is 9.59 Å². The number of benzene rings is 1. The van der Waals surface area contributed by atoms with Gasteiger partial charge in [-0.15, -0.1) is 0 Å². The second-order valence-corrected chi connectivity index (χ2v) is 5.53. The molecule has 1 aliphatic heterocycles. The Kier molecular flexibility index (Phi) is 2.29. The molecule has 1 saturated carbocycles. The number of hydrogen-bond acceptors (Lipinski definition) is 4. The number of likely N-dealkylation sites (tertiary alicyclic amines) is 1. The Morgan fingerprint density at radius 2 is 1.95 bits per heavy atom. The molecule has 0 bridgehead atoms. The first kappa shape index (κ1) is 11.7. The van der Waals surface area contributed by atoms with Crippen LogP contribution in [0.15, 0.2) is 34.7 Å². The van der Waals surface area contributed by atoms with Gasteiger partial charge >= 0.3 is 0 Å². The van der Waals surface area contributed by atoms with Crippen molar-refractivity contribution in [1.29, 1.82) is 0 Å². The summed E-state index contributed by atoms with van der Waals surface area (Å²) in [6.07, 6.45) is 0.716. The zero-order chi connectivity index (χ0) is 13.9. The average Bonchev–Trinajstić information content (AvgIpc) is 3.07. The van der Waals surface area contributed by atoms with Crippen LogP contribution in [-0.2, 0) is 9.59 Å². The van der Waals surface area contributed by atoms with Gasteiger partial charge in [-0.1, -0.05) is 18.2 Å². The summed E-state index contributed by atoms with van der Waals surface area (Å²) in [6.45, 7) is 0.199. The van der Waals surface area contributed by atoms with Crippen LogP contribution in [0, 0.1) is 11.8 Å². The maximum atomic E-state index is 11.9. The molecule has 2 aromatic rings. The zero-order valence-electron chi connectivity index (χ0n) is 10.8. The van der Waals surface area contributed by atoms with Crippen molar-refractivity contribution in [3.8, 4) is 0 Å². The van der Waals surface area contributed by atoms with E-state index < -0.39 is 6.04 Å². The highest BCUT2D eigenvalue weighted by molar-refractivity contribution is 6.08. The molecule has 2 N–H and O–H groups in total. The molecule has 102 valence electrons. The highest BCUT2D eigenvalue weighted by Crippen LogP contribution is 2.47. The number of imide groups is 1. The SMILES string of the molecule is NC(CN1C(=O)C2CC2C1=O)c1cc2ccccc2o1. The molecule has 4 rings (SSSR count). The molecule has 2 amide bonds. The molecule has 2 aliphatic rings. The number of para-hydroxylation sites is 1. The van der Waals surface area contributed by atoms with Crippen LogP contribution in [0.3, 0.4) is 0 Å². The fraction of sp³-hybridized carbons (Fsp3) is 0.333. The van der Waals surface area contributed by atoms with Crippen molar-refractivity contribution in [3.63, 3.8) is 0 Å². The van der Waals surface area contributed by atoms with Crippen molar-refractivity contribution < 1.29 is 14.0 Å². The second kappa shape index (κ2) is 3.93. The normalized spacial score (nSPS) is 26.1. The van der Waals surface area contributed by atoms with Gasteiger partial charge in [0.2, 0.25) is 11.8 Å². The maximum absolute atomic E-state index is 11.9. The van der Waals surface area contributed by atoms with Crippen molar-refractivity contribution in [3.05, 3.63) is 36.1 Å². The molecule has 2 fully saturated rings. The van der Waals surface area contributed by atoms with Gasteiger partial charge < -0.3 is 10.2 Å². The predicted molar refractivity (Wildman–Crippen MR) is 71.5 cm³/mol. The van der Waals surface area contributed by atoms with Gasteiger partial charge in [0.15, 0.2) is 0 Å². The molecule has 0 radical (unpaired) electrons. The number of hydrogen-bond donors (Lipinski definition) is 1. The van der Waals surface area contributed by atoms with Crippen molar-refractivity contribution in [1.82, 2.24) is 4.90 Å². The molecule has 1 aliphatic carbocycles. The van der Waals surface area contributed by atoms with Gasteiger partial charge in [0.1, 0.15) is 11.3 Å². The van der Waals surface area contributed by atoms with E-state index in [2.05, 4.69) is 0 Å². The molecule has 1 aromatic carbocycles. The van der Waals surface area contributed by atoms with Crippen LogP contribution in [0.1, 0.15) is 18.2 Å². The lowest BCUT2D eigenvalue weighted by molar-refractivity contribution is -0.141. The van der Waals surface area contributed by atoms with E-state index in [0.29, 0.717) is 12.2 Å². The molecular weight excluding hydrogens is 256 g/mol. The summed E-state index contributed by atoms with van der Waals surface area (Å²) in [5, 5.41) is 0.972. The number of furan rings is 1. The highest BCUT2D eigenvalue weighted by atomic mass is 16.3. The number of amides is 2. The number of piperidine rings is 1. The predicted octanol–water partition coefficient (Wildman–Crippen LogP) is 1.44. The van der Waals surface area contributed by atoms with Gasteiger partial charge in [-0.2, -0.15) is 0 Å². The van der Waals surface area contributed by atoms with Crippen LogP contribution in [0.2, 0.25) is 0 Å². The van der Waals surface area contributed by atoms with Crippen LogP contribution < -0.4 is 5.73 Å². The monoisotopic (exact) mass is 270 g/mol. The Bertz CT molecular complexity index is 668. The van der Waals surface area contributed by atoms with Gasteiger partial charge in [-0.3, -0.25) is 14.5 Å². The lowest BCUT2D eigenvalue weighted by Gasteiger charge is -2.19. The number of carbonyl (C=O) groups excluding carboxylic acids is 2. The van der Waals surface area contributed by atoms with E-state index in [-0.39, 0.29) is 30.2 Å². The Morgan fingerprint density at radius 1 is 1.25 bits per heavy atom. The molecule has 2 heterocycles. The van der Waals surface area contributed by atoms with E-state index in [4.69, 9.17) is 10.2 Å². The lowest BCUT2D eigenvalue weighted by Crippen LogP contribution is -2.38. The molecule has 5 heteroatoms. The Morgan fingerprint density at radius 3 is 2.65 bits per heavy atom. The highest BCUT2D eigenvalue weighted by Gasteiger charge is 2.58. The standard InChI is InChI=1S/C15H14N2O3/c16-11(7-17-14(18)9-6-10(9)15(17)19)13-5-8-3-1-2-4-12(8)20-13/h1-5,9-11H,6-7,16H2. The van der Waals surface area contributed by atoms with Crippen LogP contribution in [0.4, 0.5) is 0 Å². The number of nitrogens with two attached hydrogens (primary N) is 1. The van der Waals surface area contributed by atoms with E-state index in [1.165, 1.54) is 4.90 Å². The smallest absolute Gasteiger partial charge is 0.233 e. The van der Waals surface area contributed by atoms with Crippen molar-refractivity contribution >= 4 is 22.8 Å².